The van der Waals surface area contributed by atoms with Crippen LogP contribution in [0.3, 0.4) is 0 Å². The van der Waals surface area contributed by atoms with Gasteiger partial charge >= 0.3 is 0 Å². The molecule has 1 aromatic rings. The summed E-state index contributed by atoms with van der Waals surface area (Å²) in [6.45, 7) is -0.0358. The highest BCUT2D eigenvalue weighted by Gasteiger charge is 2.30. The number of nitrogens with zero attached hydrogens (tertiary/aromatic N) is 1. The van der Waals surface area contributed by atoms with E-state index in [1.807, 2.05) is 24.3 Å². The van der Waals surface area contributed by atoms with E-state index >= 15 is 0 Å². The van der Waals surface area contributed by atoms with Gasteiger partial charge in [-0.05, 0) is 6.07 Å². The third-order valence-electron chi connectivity index (χ3n) is 3.71. The molecule has 1 unspecified atom stereocenters. The number of rotatable bonds is 7. The first kappa shape index (κ1) is 17.0. The van der Waals surface area contributed by atoms with Crippen LogP contribution in [0.2, 0.25) is 0 Å². The van der Waals surface area contributed by atoms with Crippen molar-refractivity contribution in [2.75, 3.05) is 27.3 Å². The fourth-order valence-electron chi connectivity index (χ4n) is 2.46. The summed E-state index contributed by atoms with van der Waals surface area (Å²) in [5, 5.41) is 2.69. The molecule has 1 heterocycles. The number of carbonyl (C=O) groups is 3. The molecule has 23 heavy (non-hydrogen) atoms. The summed E-state index contributed by atoms with van der Waals surface area (Å²) in [7, 11) is 3.10. The van der Waals surface area contributed by atoms with Crippen LogP contribution in [0.4, 0.5) is 0 Å². The van der Waals surface area contributed by atoms with E-state index in [1.54, 1.807) is 7.11 Å². The number of methoxy groups -OCH3 is 2. The molecule has 0 spiro atoms. The minimum Gasteiger partial charge on any atom is -0.496 e. The first-order chi connectivity index (χ1) is 11.1. The van der Waals surface area contributed by atoms with Crippen LogP contribution in [0, 0.1) is 0 Å². The Bertz CT molecular complexity index is 586. The van der Waals surface area contributed by atoms with Gasteiger partial charge in [0.25, 0.3) is 0 Å². The van der Waals surface area contributed by atoms with Gasteiger partial charge in [0.2, 0.25) is 17.7 Å². The van der Waals surface area contributed by atoms with Gasteiger partial charge in [0.15, 0.2) is 0 Å². The summed E-state index contributed by atoms with van der Waals surface area (Å²) in [6, 6.07) is 7.36. The van der Waals surface area contributed by atoms with Crippen molar-refractivity contribution in [3.05, 3.63) is 29.8 Å². The van der Waals surface area contributed by atoms with Crippen LogP contribution in [-0.4, -0.2) is 49.9 Å². The fraction of sp³-hybridized carbons (Fsp3) is 0.438. The number of benzene rings is 1. The number of nitrogens with one attached hydrogen (secondary N) is 1. The highest BCUT2D eigenvalue weighted by Crippen LogP contribution is 2.26. The van der Waals surface area contributed by atoms with Crippen LogP contribution in [0.1, 0.15) is 24.5 Å². The molecule has 0 radical (unpaired) electrons. The number of amides is 3. The van der Waals surface area contributed by atoms with Crippen LogP contribution in [0.25, 0.3) is 0 Å². The lowest BCUT2D eigenvalue weighted by Gasteiger charge is -2.20. The van der Waals surface area contributed by atoms with Crippen molar-refractivity contribution < 1.29 is 23.9 Å². The third-order valence-corrected chi connectivity index (χ3v) is 3.71. The van der Waals surface area contributed by atoms with Crippen LogP contribution in [0.15, 0.2) is 24.3 Å². The first-order valence-electron chi connectivity index (χ1n) is 7.32. The second kappa shape index (κ2) is 7.73. The van der Waals surface area contributed by atoms with Crippen molar-refractivity contribution in [1.29, 1.82) is 0 Å². The molecule has 0 aromatic heterocycles. The smallest absolute Gasteiger partial charge is 0.240 e. The van der Waals surface area contributed by atoms with E-state index in [2.05, 4.69) is 5.32 Å². The largest absolute Gasteiger partial charge is 0.496 e. The maximum Gasteiger partial charge on any atom is 0.240 e. The zero-order valence-corrected chi connectivity index (χ0v) is 13.2. The Morgan fingerprint density at radius 2 is 1.87 bits per heavy atom. The standard InChI is InChI=1S/C16H20N2O5/c1-22-12-6-4-3-5-11(12)13(23-2)9-17-14(19)10-18-15(20)7-8-16(18)21/h3-6,13H,7-10H2,1-2H3,(H,17,19). The molecule has 7 nitrogen and oxygen atoms in total. The van der Waals surface area contributed by atoms with Crippen molar-refractivity contribution in [3.8, 4) is 5.75 Å². The summed E-state index contributed by atoms with van der Waals surface area (Å²) in [6.07, 6.45) is -0.0396. The number of ether oxygens (including phenoxy) is 2. The summed E-state index contributed by atoms with van der Waals surface area (Å²) < 4.78 is 10.7. The van der Waals surface area contributed by atoms with Crippen LogP contribution < -0.4 is 10.1 Å². The summed E-state index contributed by atoms with van der Waals surface area (Å²) in [5.41, 5.74) is 0.811. The average molecular weight is 320 g/mol. The molecule has 2 rings (SSSR count). The zero-order chi connectivity index (χ0) is 16.8. The van der Waals surface area contributed by atoms with E-state index in [1.165, 1.54) is 7.11 Å². The number of hydrogen-bond acceptors (Lipinski definition) is 5. The lowest BCUT2D eigenvalue weighted by molar-refractivity contribution is -0.142. The van der Waals surface area contributed by atoms with E-state index < -0.39 is 5.91 Å². The molecule has 1 N–H and O–H groups in total. The Labute approximate surface area is 134 Å². The maximum atomic E-state index is 12.0. The second-order valence-corrected chi connectivity index (χ2v) is 5.14. The second-order valence-electron chi connectivity index (χ2n) is 5.14. The van der Waals surface area contributed by atoms with Gasteiger partial charge in [-0.3, -0.25) is 19.3 Å². The molecule has 1 aliphatic heterocycles. The van der Waals surface area contributed by atoms with E-state index in [9.17, 15) is 14.4 Å². The lowest BCUT2D eigenvalue weighted by atomic mass is 10.1. The van der Waals surface area contributed by atoms with E-state index in [-0.39, 0.29) is 43.8 Å². The summed E-state index contributed by atoms with van der Waals surface area (Å²) in [5.74, 6) is -0.347. The number of imide groups is 1. The van der Waals surface area contributed by atoms with Crippen molar-refractivity contribution >= 4 is 17.7 Å². The number of para-hydroxylation sites is 1. The summed E-state index contributed by atoms with van der Waals surface area (Å²) in [4.78, 5) is 35.9. The summed E-state index contributed by atoms with van der Waals surface area (Å²) >= 11 is 0. The SMILES string of the molecule is COc1ccccc1C(CNC(=O)CN1C(=O)CCC1=O)OC. The number of hydrogen-bond donors (Lipinski definition) is 1. The molecule has 1 aromatic carbocycles. The maximum absolute atomic E-state index is 12.0. The molecule has 1 saturated heterocycles. The molecule has 7 heteroatoms. The molecule has 0 saturated carbocycles. The predicted octanol–water partition coefficient (Wildman–Crippen LogP) is 0.648. The minimum absolute atomic E-state index is 0.175. The third kappa shape index (κ3) is 4.07. The lowest BCUT2D eigenvalue weighted by Crippen LogP contribution is -2.41. The molecule has 1 atom stereocenters. The van der Waals surface area contributed by atoms with Gasteiger partial charge in [-0.25, -0.2) is 0 Å². The average Bonchev–Trinajstić information content (AvgIpc) is 2.87. The Balaban J connectivity index is 1.94. The molecule has 124 valence electrons. The normalized spacial score (nSPS) is 15.7. The van der Waals surface area contributed by atoms with E-state index in [0.717, 1.165) is 10.5 Å². The molecular formula is C16H20N2O5. The van der Waals surface area contributed by atoms with Gasteiger partial charge in [0.1, 0.15) is 18.4 Å². The van der Waals surface area contributed by atoms with Gasteiger partial charge in [0.05, 0.1) is 7.11 Å². The zero-order valence-electron chi connectivity index (χ0n) is 13.2. The highest BCUT2D eigenvalue weighted by molar-refractivity contribution is 6.04. The van der Waals surface area contributed by atoms with Gasteiger partial charge in [-0.15, -0.1) is 0 Å². The highest BCUT2D eigenvalue weighted by atomic mass is 16.5. The molecule has 3 amide bonds. The Kier molecular flexibility index (Phi) is 5.70. The molecule has 1 fully saturated rings. The van der Waals surface area contributed by atoms with Crippen molar-refractivity contribution in [3.63, 3.8) is 0 Å². The minimum atomic E-state index is -0.398. The van der Waals surface area contributed by atoms with Crippen molar-refractivity contribution in [2.45, 2.75) is 18.9 Å². The molecule has 1 aliphatic rings. The number of carbonyl (C=O) groups excluding carboxylic acids is 3. The van der Waals surface area contributed by atoms with Crippen molar-refractivity contribution in [2.24, 2.45) is 0 Å². The van der Waals surface area contributed by atoms with E-state index in [0.29, 0.717) is 5.75 Å². The predicted molar refractivity (Wildman–Crippen MR) is 81.7 cm³/mol. The number of likely N-dealkylation sites (tertiary alicyclic amines) is 1. The van der Waals surface area contributed by atoms with Crippen LogP contribution in [-0.2, 0) is 19.1 Å². The first-order valence-corrected chi connectivity index (χ1v) is 7.32. The Morgan fingerprint density at radius 1 is 1.22 bits per heavy atom. The Morgan fingerprint density at radius 3 is 2.48 bits per heavy atom. The van der Waals surface area contributed by atoms with Gasteiger partial charge in [-0.2, -0.15) is 0 Å². The monoisotopic (exact) mass is 320 g/mol. The topological polar surface area (TPSA) is 84.9 Å². The van der Waals surface area contributed by atoms with Crippen LogP contribution in [0.5, 0.6) is 5.75 Å². The van der Waals surface area contributed by atoms with E-state index in [4.69, 9.17) is 9.47 Å². The van der Waals surface area contributed by atoms with Gasteiger partial charge in [0, 0.05) is 32.1 Å². The molecule has 0 bridgehead atoms. The Hall–Kier alpha value is -2.41. The van der Waals surface area contributed by atoms with Gasteiger partial charge in [-0.1, -0.05) is 18.2 Å². The van der Waals surface area contributed by atoms with Gasteiger partial charge < -0.3 is 14.8 Å². The van der Waals surface area contributed by atoms with Crippen molar-refractivity contribution in [1.82, 2.24) is 10.2 Å². The van der Waals surface area contributed by atoms with Crippen LogP contribution >= 0.6 is 0 Å². The quantitative estimate of drug-likeness (QED) is 0.746. The molecule has 0 aliphatic carbocycles. The fourth-order valence-corrected chi connectivity index (χ4v) is 2.46. The molecular weight excluding hydrogens is 300 g/mol.